The number of fused-ring (bicyclic) bond motifs is 6. The largest absolute Gasteiger partial charge is 0.278 e. The van der Waals surface area contributed by atoms with Gasteiger partial charge in [-0.1, -0.05) is 24.3 Å². The van der Waals surface area contributed by atoms with Gasteiger partial charge in [0.1, 0.15) is 0 Å². The minimum absolute atomic E-state index is 0.105. The molecule has 4 amide bonds. The molecule has 12 nitrogen and oxygen atoms in total. The normalized spacial score (nSPS) is 13.8. The molecule has 0 bridgehead atoms. The molecule has 288 valence electrons. The average Bonchev–Trinajstić information content (AvgIpc) is 3.33. The van der Waals surface area contributed by atoms with Crippen LogP contribution in [0.25, 0.3) is 122 Å². The number of benzene rings is 11. The van der Waals surface area contributed by atoms with E-state index in [1.54, 1.807) is 12.1 Å². The van der Waals surface area contributed by atoms with Crippen LogP contribution in [0.5, 0.6) is 0 Å². The molecule has 11 aromatic carbocycles. The molecule has 2 aliphatic heterocycles. The van der Waals surface area contributed by atoms with Gasteiger partial charge in [0.25, 0.3) is 23.6 Å². The molecule has 0 aliphatic carbocycles. The zero-order chi connectivity index (χ0) is 44.1. The van der Waals surface area contributed by atoms with Gasteiger partial charge < -0.3 is 0 Å². The van der Waals surface area contributed by atoms with Crippen molar-refractivity contribution in [2.24, 2.45) is 0 Å². The van der Waals surface area contributed by atoms with E-state index in [-0.39, 0.29) is 56.0 Å². The quantitative estimate of drug-likeness (QED) is 0.0637. The van der Waals surface area contributed by atoms with E-state index in [0.717, 1.165) is 9.80 Å². The number of nitriles is 3. The Bertz CT molecular complexity index is 4280. The lowest BCUT2D eigenvalue weighted by Crippen LogP contribution is -2.37. The smallest absolute Gasteiger partial charge is 0.261 e. The minimum atomic E-state index is -0.581. The second-order valence-corrected chi connectivity index (χ2v) is 16.3. The third-order valence-corrected chi connectivity index (χ3v) is 13.8. The fourth-order valence-corrected chi connectivity index (χ4v) is 11.4. The molecule has 0 spiro atoms. The van der Waals surface area contributed by atoms with Crippen LogP contribution >= 0.6 is 0 Å². The first kappa shape index (κ1) is 34.8. The van der Waals surface area contributed by atoms with Crippen LogP contribution in [0.2, 0.25) is 0 Å². The highest BCUT2D eigenvalue weighted by Gasteiger charge is 2.37. The standard InChI is InChI=1S/C52H16N8O4/c1-56-32-13-27-38-22(36-20(17-54)11-28-40-31(52(64)59(4)49(28)61)15-34(58-3)44(27)47(36)40)6-7-23-35-19(16-53)10-26-37-21(18-55)12-29-41-30(51(63)60(5)50(29)62)14-33(57-2)43(48(37)41)24-8-9-25(42(32)46(23)38)45(35)39(24)26/h6-15H,4-5H3. The van der Waals surface area contributed by atoms with Crippen molar-refractivity contribution in [1.29, 1.82) is 15.8 Å². The van der Waals surface area contributed by atoms with E-state index < -0.39 is 23.6 Å². The summed E-state index contributed by atoms with van der Waals surface area (Å²) in [5.41, 5.74) is 1.61. The van der Waals surface area contributed by atoms with Crippen LogP contribution in [0.3, 0.4) is 0 Å². The fourth-order valence-electron chi connectivity index (χ4n) is 11.4. The van der Waals surface area contributed by atoms with Crippen LogP contribution in [0.15, 0.2) is 60.7 Å². The van der Waals surface area contributed by atoms with Gasteiger partial charge in [0, 0.05) is 63.3 Å². The lowest BCUT2D eigenvalue weighted by Gasteiger charge is -2.28. The number of amides is 4. The van der Waals surface area contributed by atoms with Gasteiger partial charge in [-0.25, -0.2) is 14.5 Å². The minimum Gasteiger partial charge on any atom is -0.278 e. The molecule has 0 atom stereocenters. The lowest BCUT2D eigenvalue weighted by molar-refractivity contribution is 0.0635. The predicted molar refractivity (Wildman–Crippen MR) is 241 cm³/mol. The lowest BCUT2D eigenvalue weighted by atomic mass is 9.77. The van der Waals surface area contributed by atoms with Crippen LogP contribution in [-0.4, -0.2) is 47.5 Å². The van der Waals surface area contributed by atoms with Gasteiger partial charge in [0.15, 0.2) is 17.1 Å². The molecular weight excluding hydrogens is 801 g/mol. The molecule has 13 rings (SSSR count). The van der Waals surface area contributed by atoms with Gasteiger partial charge in [-0.2, -0.15) is 15.8 Å². The molecule has 0 N–H and O–H groups in total. The second-order valence-electron chi connectivity index (χ2n) is 16.3. The Kier molecular flexibility index (Phi) is 6.01. The van der Waals surface area contributed by atoms with E-state index in [0.29, 0.717) is 108 Å². The molecule has 2 heterocycles. The number of carbonyl (C=O) groups excluding carboxylic acids is 4. The Labute approximate surface area is 358 Å². The highest BCUT2D eigenvalue weighted by atomic mass is 16.2. The Balaban J connectivity index is 1.32. The maximum atomic E-state index is 13.7. The second kappa shape index (κ2) is 11.0. The average molecular weight is 817 g/mol. The number of carbonyl (C=O) groups is 4. The van der Waals surface area contributed by atoms with Crippen LogP contribution < -0.4 is 0 Å². The molecule has 0 radical (unpaired) electrons. The summed E-state index contributed by atoms with van der Waals surface area (Å²) in [4.78, 5) is 68.5. The first-order valence-electron chi connectivity index (χ1n) is 19.7. The maximum Gasteiger partial charge on any atom is 0.261 e. The Hall–Kier alpha value is -9.98. The molecule has 11 aromatic rings. The number of rotatable bonds is 0. The third-order valence-electron chi connectivity index (χ3n) is 13.8. The molecule has 12 heteroatoms. The first-order valence-corrected chi connectivity index (χ1v) is 19.7. The van der Waals surface area contributed by atoms with E-state index >= 15 is 0 Å². The zero-order valence-electron chi connectivity index (χ0n) is 33.0. The van der Waals surface area contributed by atoms with Crippen molar-refractivity contribution in [1.82, 2.24) is 9.80 Å². The van der Waals surface area contributed by atoms with Crippen molar-refractivity contribution in [3.8, 4) is 18.2 Å². The fraction of sp³-hybridized carbons (Fsp3) is 0.0385. The summed E-state index contributed by atoms with van der Waals surface area (Å²) >= 11 is 0. The Morgan fingerprint density at radius 2 is 0.688 bits per heavy atom. The molecule has 0 aromatic heterocycles. The highest BCUT2D eigenvalue weighted by Crippen LogP contribution is 2.57. The summed E-state index contributed by atoms with van der Waals surface area (Å²) < 4.78 is 0. The number of imide groups is 2. The van der Waals surface area contributed by atoms with Crippen molar-refractivity contribution in [3.63, 3.8) is 0 Å². The Morgan fingerprint density at radius 3 is 1.16 bits per heavy atom. The molecule has 0 fully saturated rings. The zero-order valence-corrected chi connectivity index (χ0v) is 33.0. The third kappa shape index (κ3) is 3.52. The van der Waals surface area contributed by atoms with Gasteiger partial charge in [0.05, 0.1) is 54.6 Å². The van der Waals surface area contributed by atoms with E-state index in [2.05, 4.69) is 32.7 Å². The van der Waals surface area contributed by atoms with Gasteiger partial charge >= 0.3 is 0 Å². The molecule has 0 saturated heterocycles. The maximum absolute atomic E-state index is 13.7. The molecule has 0 unspecified atom stereocenters. The van der Waals surface area contributed by atoms with Crippen LogP contribution in [0.4, 0.5) is 17.1 Å². The van der Waals surface area contributed by atoms with Crippen molar-refractivity contribution < 1.29 is 19.2 Å². The summed E-state index contributed by atoms with van der Waals surface area (Å²) in [5, 5.41) is 42.6. The number of hydrogen-bond donors (Lipinski definition) is 0. The number of nitrogens with zero attached hydrogens (tertiary/aromatic N) is 8. The highest BCUT2D eigenvalue weighted by molar-refractivity contribution is 6.51. The predicted octanol–water partition coefficient (Wildman–Crippen LogP) is 11.3. The molecular formula is C52H16N8O4. The van der Waals surface area contributed by atoms with Crippen LogP contribution in [0.1, 0.15) is 58.1 Å². The van der Waals surface area contributed by atoms with Crippen LogP contribution in [-0.2, 0) is 0 Å². The molecule has 2 aliphatic rings. The molecule has 0 saturated carbocycles. The summed E-state index contributed by atoms with van der Waals surface area (Å²) in [5.74, 6) is -2.32. The molecule has 64 heavy (non-hydrogen) atoms. The summed E-state index contributed by atoms with van der Waals surface area (Å²) in [7, 11) is 2.72. The van der Waals surface area contributed by atoms with E-state index in [9.17, 15) is 35.0 Å². The van der Waals surface area contributed by atoms with Gasteiger partial charge in [-0.3, -0.25) is 29.0 Å². The summed E-state index contributed by atoms with van der Waals surface area (Å²) in [6.07, 6.45) is 0. The van der Waals surface area contributed by atoms with Crippen molar-refractivity contribution in [2.75, 3.05) is 14.1 Å². The number of hydrogen-bond acceptors (Lipinski definition) is 7. The van der Waals surface area contributed by atoms with Crippen LogP contribution in [0, 0.1) is 53.7 Å². The first-order chi connectivity index (χ1) is 31.0. The van der Waals surface area contributed by atoms with E-state index in [1.807, 2.05) is 24.3 Å². The summed E-state index contributed by atoms with van der Waals surface area (Å²) in [6, 6.07) is 23.7. The topological polar surface area (TPSA) is 159 Å². The van der Waals surface area contributed by atoms with Gasteiger partial charge in [-0.15, -0.1) is 0 Å². The van der Waals surface area contributed by atoms with E-state index in [4.69, 9.17) is 19.7 Å². The van der Waals surface area contributed by atoms with Crippen molar-refractivity contribution >= 4 is 148 Å². The van der Waals surface area contributed by atoms with Gasteiger partial charge in [-0.05, 0) is 117 Å². The van der Waals surface area contributed by atoms with Gasteiger partial charge in [0.2, 0.25) is 0 Å². The van der Waals surface area contributed by atoms with Crippen molar-refractivity contribution in [3.05, 3.63) is 134 Å². The van der Waals surface area contributed by atoms with Crippen molar-refractivity contribution in [2.45, 2.75) is 0 Å². The van der Waals surface area contributed by atoms with E-state index in [1.165, 1.54) is 38.4 Å². The SMILES string of the molecule is [C-]#[N+]c1cc2c3c(cc(C#N)c4c5cc(C#N)c6c7ccc8c9c(C#N)cc%10c%11c(cc([N+]#[C-])c(c%12cc([N+]#[C-])c(c%13ccc(c1c34)c5c%136)c7c8%12)c%119)C(=O)N(C)C%10=O)C(=O)N(C)C2=O. The Morgan fingerprint density at radius 1 is 0.375 bits per heavy atom. The summed E-state index contributed by atoms with van der Waals surface area (Å²) in [6.45, 7) is 25.4. The monoisotopic (exact) mass is 816 g/mol.